The Hall–Kier alpha value is -7.24. The fourth-order valence-corrected chi connectivity index (χ4v) is 4.67. The lowest BCUT2D eigenvalue weighted by atomic mass is 9.95. The summed E-state index contributed by atoms with van der Waals surface area (Å²) >= 11 is 0. The summed E-state index contributed by atoms with van der Waals surface area (Å²) in [4.78, 5) is 26.9. The molecule has 18 heteroatoms. The Morgan fingerprint density at radius 1 is 0.615 bits per heavy atom. The molecule has 1 amide bonds. The molecule has 15 N–H and O–H groups in total. The average Bonchev–Trinajstić information content (AvgIpc) is 3.10. The molecule has 0 unspecified atom stereocenters. The Kier molecular flexibility index (Phi) is 13.9. The minimum absolute atomic E-state index is 0.0141. The van der Waals surface area contributed by atoms with Crippen molar-refractivity contribution in [1.82, 2.24) is 21.7 Å². The zero-order valence-electron chi connectivity index (χ0n) is 29.1. The lowest BCUT2D eigenvalue weighted by Crippen LogP contribution is -2.27. The van der Waals surface area contributed by atoms with Crippen molar-refractivity contribution in [2.24, 2.45) is 37.6 Å². The molecule has 0 heterocycles. The van der Waals surface area contributed by atoms with Crippen molar-refractivity contribution >= 4 is 64.4 Å². The average molecular weight is 707 g/mol. The molecular formula is C34H42N16O2. The second-order valence-electron chi connectivity index (χ2n) is 11.4. The smallest absolute Gasteiger partial charge is 0.228 e. The molecule has 0 aliphatic carbocycles. The van der Waals surface area contributed by atoms with Crippen LogP contribution in [0.3, 0.4) is 0 Å². The maximum Gasteiger partial charge on any atom is 0.228 e. The van der Waals surface area contributed by atoms with Crippen molar-refractivity contribution in [3.05, 3.63) is 99.6 Å². The first-order valence-corrected chi connectivity index (χ1v) is 15.6. The standard InChI is InChI=1S/C34H42N16O2/c1-18(44-42-17-35)26-12-27(21(4)47-50-34(40)41)16-29(15-26)43-31(52)10-23-7-5-6-22(8-23)9-30(51)28-13-24(19(2)45-48-32(36)37)11-25(14-28)20(3)46-49-33(38)39/h5-8,11-17H,9-10H2,1-4H3,(H2,35,42)(H,43,52)(H4,36,37,48)(H4,38,39,49)(H4,40,41,50)/b44-18+,45-19+,46-20+,47-21+. The van der Waals surface area contributed by atoms with E-state index in [4.69, 9.17) is 38.8 Å². The van der Waals surface area contributed by atoms with Gasteiger partial charge in [0.2, 0.25) is 23.8 Å². The van der Waals surface area contributed by atoms with Gasteiger partial charge in [0.1, 0.15) is 0 Å². The van der Waals surface area contributed by atoms with E-state index in [0.717, 1.165) is 6.34 Å². The third-order valence-electron chi connectivity index (χ3n) is 7.19. The molecule has 0 spiro atoms. The van der Waals surface area contributed by atoms with Crippen molar-refractivity contribution in [2.75, 3.05) is 5.32 Å². The zero-order valence-corrected chi connectivity index (χ0v) is 29.1. The van der Waals surface area contributed by atoms with Gasteiger partial charge < -0.3 is 22.5 Å². The topological polar surface area (TPSA) is 317 Å². The highest BCUT2D eigenvalue weighted by Gasteiger charge is 2.15. The monoisotopic (exact) mass is 706 g/mol. The molecule has 3 rings (SSSR count). The van der Waals surface area contributed by atoms with Crippen molar-refractivity contribution < 1.29 is 9.59 Å². The van der Waals surface area contributed by atoms with Gasteiger partial charge in [-0.05, 0) is 86.3 Å². The van der Waals surface area contributed by atoms with Crippen LogP contribution in [-0.2, 0) is 17.6 Å². The zero-order chi connectivity index (χ0) is 38.4. The van der Waals surface area contributed by atoms with Gasteiger partial charge in [0, 0.05) is 28.8 Å². The number of nitrogens with two attached hydrogens (primary N) is 3. The summed E-state index contributed by atoms with van der Waals surface area (Å²) in [6.07, 6.45) is 0.983. The largest absolute Gasteiger partial charge is 0.369 e. The number of Topliss-reactive ketones (excluding diaryl/α,β-unsaturated/α-hetero) is 1. The Morgan fingerprint density at radius 2 is 1.02 bits per heavy atom. The van der Waals surface area contributed by atoms with E-state index < -0.39 is 0 Å². The minimum atomic E-state index is -0.345. The van der Waals surface area contributed by atoms with Gasteiger partial charge in [-0.25, -0.2) is 16.3 Å². The Morgan fingerprint density at radius 3 is 1.46 bits per heavy atom. The molecular weight excluding hydrogens is 664 g/mol. The third kappa shape index (κ3) is 12.3. The summed E-state index contributed by atoms with van der Waals surface area (Å²) < 4.78 is 0. The van der Waals surface area contributed by atoms with Gasteiger partial charge in [-0.15, -0.1) is 0 Å². The van der Waals surface area contributed by atoms with Gasteiger partial charge in [0.15, 0.2) is 5.78 Å². The van der Waals surface area contributed by atoms with E-state index in [1.54, 1.807) is 88.4 Å². The van der Waals surface area contributed by atoms with E-state index in [2.05, 4.69) is 47.4 Å². The lowest BCUT2D eigenvalue weighted by molar-refractivity contribution is -0.115. The molecule has 0 aliphatic heterocycles. The Bertz CT molecular complexity index is 1960. The van der Waals surface area contributed by atoms with Gasteiger partial charge in [-0.2, -0.15) is 20.4 Å². The molecule has 18 nitrogen and oxygen atoms in total. The van der Waals surface area contributed by atoms with Crippen LogP contribution in [0.5, 0.6) is 0 Å². The number of amides is 1. The SMILES string of the molecule is C/C(=N\NC=N)c1cc(NC(=O)Cc2cccc(CC(=O)c3cc(/C(C)=N/NC(=N)N)cc(/C(C)=N/NC(=N)N)c3)c2)cc(/C(C)=N/NC(=N)N)c1. The first kappa shape index (κ1) is 39.2. The van der Waals surface area contributed by atoms with Gasteiger partial charge >= 0.3 is 0 Å². The number of carbonyl (C=O) groups is 2. The molecule has 3 aromatic rings. The summed E-state index contributed by atoms with van der Waals surface area (Å²) in [5.74, 6) is -1.54. The van der Waals surface area contributed by atoms with Crippen LogP contribution < -0.4 is 44.2 Å². The van der Waals surface area contributed by atoms with Crippen LogP contribution in [0.2, 0.25) is 0 Å². The van der Waals surface area contributed by atoms with E-state index in [1.165, 1.54) is 0 Å². The summed E-state index contributed by atoms with van der Waals surface area (Å²) in [5.41, 5.74) is 32.4. The number of rotatable bonds is 15. The van der Waals surface area contributed by atoms with Crippen LogP contribution in [-0.4, -0.2) is 58.8 Å². The summed E-state index contributed by atoms with van der Waals surface area (Å²) in [6.45, 7) is 6.85. The summed E-state index contributed by atoms with van der Waals surface area (Å²) in [6, 6.07) is 17.5. The number of ketones is 1. The Labute approximate surface area is 300 Å². The van der Waals surface area contributed by atoms with E-state index in [-0.39, 0.29) is 42.4 Å². The quantitative estimate of drug-likeness (QED) is 0.0474. The van der Waals surface area contributed by atoms with Crippen molar-refractivity contribution in [1.29, 1.82) is 21.6 Å². The molecule has 270 valence electrons. The van der Waals surface area contributed by atoms with Crippen molar-refractivity contribution in [3.8, 4) is 0 Å². The van der Waals surface area contributed by atoms with Gasteiger partial charge in [0.05, 0.1) is 35.6 Å². The van der Waals surface area contributed by atoms with Crippen LogP contribution in [0.1, 0.15) is 71.4 Å². The fourth-order valence-electron chi connectivity index (χ4n) is 4.67. The van der Waals surface area contributed by atoms with Crippen LogP contribution in [0.4, 0.5) is 5.69 Å². The molecule has 0 saturated carbocycles. The molecule has 0 bridgehead atoms. The predicted molar refractivity (Wildman–Crippen MR) is 206 cm³/mol. The highest BCUT2D eigenvalue weighted by atomic mass is 16.1. The number of nitrogens with one attached hydrogen (secondary N) is 9. The second-order valence-corrected chi connectivity index (χ2v) is 11.4. The number of carbonyl (C=O) groups excluding carboxylic acids is 2. The number of nitrogens with zero attached hydrogens (tertiary/aromatic N) is 4. The van der Waals surface area contributed by atoms with E-state index in [0.29, 0.717) is 67.5 Å². The third-order valence-corrected chi connectivity index (χ3v) is 7.19. The predicted octanol–water partition coefficient (Wildman–Crippen LogP) is 1.84. The summed E-state index contributed by atoms with van der Waals surface area (Å²) in [7, 11) is 0. The first-order valence-electron chi connectivity index (χ1n) is 15.6. The number of guanidine groups is 3. The highest BCUT2D eigenvalue weighted by Crippen LogP contribution is 2.19. The maximum atomic E-state index is 13.6. The van der Waals surface area contributed by atoms with Gasteiger partial charge in [-0.3, -0.25) is 36.7 Å². The number of hydrazone groups is 4. The lowest BCUT2D eigenvalue weighted by Gasteiger charge is -2.12. The Balaban J connectivity index is 1.86. The second kappa shape index (κ2) is 18.5. The van der Waals surface area contributed by atoms with E-state index >= 15 is 0 Å². The minimum Gasteiger partial charge on any atom is -0.369 e. The van der Waals surface area contributed by atoms with Crippen LogP contribution in [0.15, 0.2) is 81.1 Å². The van der Waals surface area contributed by atoms with Crippen molar-refractivity contribution in [3.63, 3.8) is 0 Å². The number of hydrogen-bond acceptors (Lipinski definition) is 10. The molecule has 0 aliphatic rings. The van der Waals surface area contributed by atoms with E-state index in [9.17, 15) is 9.59 Å². The van der Waals surface area contributed by atoms with Crippen LogP contribution in [0.25, 0.3) is 0 Å². The van der Waals surface area contributed by atoms with Gasteiger partial charge in [0.25, 0.3) is 0 Å². The molecule has 0 aromatic heterocycles. The molecule has 3 aromatic carbocycles. The molecule has 0 radical (unpaired) electrons. The summed E-state index contributed by atoms with van der Waals surface area (Å²) in [5, 5.41) is 48.7. The normalized spacial score (nSPS) is 12.0. The van der Waals surface area contributed by atoms with E-state index in [1.807, 2.05) is 0 Å². The van der Waals surface area contributed by atoms with Crippen molar-refractivity contribution in [2.45, 2.75) is 40.5 Å². The van der Waals surface area contributed by atoms with Gasteiger partial charge in [-0.1, -0.05) is 24.3 Å². The maximum absolute atomic E-state index is 13.6. The first-order chi connectivity index (χ1) is 24.6. The van der Waals surface area contributed by atoms with Crippen LogP contribution >= 0.6 is 0 Å². The number of benzene rings is 3. The number of anilines is 1. The molecule has 0 fully saturated rings. The molecule has 0 atom stereocenters. The van der Waals surface area contributed by atoms with Crippen LogP contribution in [0, 0.1) is 21.6 Å². The number of hydrogen-bond donors (Lipinski definition) is 12. The molecule has 0 saturated heterocycles. The molecule has 52 heavy (non-hydrogen) atoms. The highest BCUT2D eigenvalue weighted by molar-refractivity contribution is 6.09. The fraction of sp³-hybridized carbons (Fsp3) is 0.176.